The maximum absolute atomic E-state index is 13.5. The highest BCUT2D eigenvalue weighted by atomic mass is 32.2. The lowest BCUT2D eigenvalue weighted by molar-refractivity contribution is -0.136. The first-order valence-electron chi connectivity index (χ1n) is 10.6. The molecule has 0 atom stereocenters. The Bertz CT molecular complexity index is 1340. The summed E-state index contributed by atoms with van der Waals surface area (Å²) in [5.41, 5.74) is 4.53. The summed E-state index contributed by atoms with van der Waals surface area (Å²) in [4.78, 5) is 32.9. The van der Waals surface area contributed by atoms with Crippen LogP contribution in [0.1, 0.15) is 16.7 Å². The Labute approximate surface area is 191 Å². The first-order valence-corrected chi connectivity index (χ1v) is 11.4. The minimum atomic E-state index is -0.225. The lowest BCUT2D eigenvalue weighted by Gasteiger charge is -2.15. The van der Waals surface area contributed by atoms with Gasteiger partial charge in [-0.3, -0.25) is 14.5 Å². The molecule has 0 aliphatic carbocycles. The number of H-pyrrole nitrogens is 1. The molecule has 0 bridgehead atoms. The molecule has 0 spiro atoms. The second-order valence-electron chi connectivity index (χ2n) is 7.86. The Balaban J connectivity index is 1.46. The van der Waals surface area contributed by atoms with Crippen LogP contribution in [0, 0.1) is 6.92 Å². The summed E-state index contributed by atoms with van der Waals surface area (Å²) in [6.07, 6.45) is 2.57. The molecule has 5 heteroatoms. The van der Waals surface area contributed by atoms with E-state index in [1.165, 1.54) is 16.7 Å². The van der Waals surface area contributed by atoms with Crippen molar-refractivity contribution in [3.63, 3.8) is 0 Å². The Hall–Kier alpha value is -3.57. The van der Waals surface area contributed by atoms with E-state index in [2.05, 4.69) is 11.1 Å². The van der Waals surface area contributed by atoms with E-state index in [1.54, 1.807) is 0 Å². The van der Waals surface area contributed by atoms with Gasteiger partial charge in [-0.1, -0.05) is 78.0 Å². The Morgan fingerprint density at radius 2 is 1.56 bits per heavy atom. The summed E-state index contributed by atoms with van der Waals surface area (Å²) in [7, 11) is 0. The first-order chi connectivity index (χ1) is 15.6. The lowest BCUT2D eigenvalue weighted by atomic mass is 10.0. The zero-order chi connectivity index (χ0) is 22.1. The molecule has 0 radical (unpaired) electrons. The normalized spacial score (nSPS) is 14.1. The zero-order valence-corrected chi connectivity index (χ0v) is 18.5. The van der Waals surface area contributed by atoms with Crippen LogP contribution in [0.3, 0.4) is 0 Å². The molecule has 3 aromatic carbocycles. The third-order valence-electron chi connectivity index (χ3n) is 5.71. The molecule has 1 N–H and O–H groups in total. The van der Waals surface area contributed by atoms with Gasteiger partial charge in [-0.2, -0.15) is 0 Å². The highest BCUT2D eigenvalue weighted by Crippen LogP contribution is 2.39. The molecule has 1 aliphatic rings. The SMILES string of the molecule is Cc1ccc(C2=C(Sc3ccccc3)C(=O)N(CCc3c[nH]c4ccccc34)C2=O)cc1. The second kappa shape index (κ2) is 8.52. The molecule has 2 heterocycles. The number of rotatable bonds is 6. The van der Waals surface area contributed by atoms with Crippen molar-refractivity contribution in [3.05, 3.63) is 107 Å². The van der Waals surface area contributed by atoms with Crippen molar-refractivity contribution in [3.8, 4) is 0 Å². The first kappa shape index (κ1) is 20.3. The van der Waals surface area contributed by atoms with Crippen molar-refractivity contribution in [1.29, 1.82) is 0 Å². The van der Waals surface area contributed by atoms with E-state index in [0.717, 1.165) is 32.5 Å². The molecule has 1 aromatic heterocycles. The maximum atomic E-state index is 13.5. The van der Waals surface area contributed by atoms with Gasteiger partial charge in [-0.05, 0) is 42.7 Å². The van der Waals surface area contributed by atoms with Crippen molar-refractivity contribution >= 4 is 40.1 Å². The molecule has 158 valence electrons. The number of hydrogen-bond acceptors (Lipinski definition) is 3. The van der Waals surface area contributed by atoms with Crippen molar-refractivity contribution in [2.24, 2.45) is 0 Å². The minimum Gasteiger partial charge on any atom is -0.361 e. The van der Waals surface area contributed by atoms with Crippen LogP contribution >= 0.6 is 11.8 Å². The number of nitrogens with one attached hydrogen (secondary N) is 1. The number of carbonyl (C=O) groups is 2. The van der Waals surface area contributed by atoms with Crippen LogP contribution in [0.25, 0.3) is 16.5 Å². The lowest BCUT2D eigenvalue weighted by Crippen LogP contribution is -2.33. The molecule has 0 unspecified atom stereocenters. The third-order valence-corrected chi connectivity index (χ3v) is 6.80. The number of imide groups is 1. The van der Waals surface area contributed by atoms with Crippen molar-refractivity contribution in [2.75, 3.05) is 6.54 Å². The fourth-order valence-electron chi connectivity index (χ4n) is 4.00. The number of aromatic nitrogens is 1. The number of hydrogen-bond donors (Lipinski definition) is 1. The molecule has 5 rings (SSSR count). The number of carbonyl (C=O) groups excluding carboxylic acids is 2. The number of para-hydroxylation sites is 1. The van der Waals surface area contributed by atoms with Gasteiger partial charge >= 0.3 is 0 Å². The smallest absolute Gasteiger partial charge is 0.268 e. The van der Waals surface area contributed by atoms with Crippen LogP contribution in [0.5, 0.6) is 0 Å². The molecule has 1 aliphatic heterocycles. The third kappa shape index (κ3) is 3.76. The summed E-state index contributed by atoms with van der Waals surface area (Å²) in [5, 5.41) is 1.12. The van der Waals surface area contributed by atoms with E-state index in [0.29, 0.717) is 23.4 Å². The highest BCUT2D eigenvalue weighted by Gasteiger charge is 2.39. The molecule has 2 amide bonds. The topological polar surface area (TPSA) is 53.2 Å². The molecule has 4 aromatic rings. The van der Waals surface area contributed by atoms with Gasteiger partial charge in [0.25, 0.3) is 11.8 Å². The predicted octanol–water partition coefficient (Wildman–Crippen LogP) is 5.59. The average molecular weight is 439 g/mol. The largest absolute Gasteiger partial charge is 0.361 e. The number of nitrogens with zero attached hydrogens (tertiary/aromatic N) is 1. The number of thioether (sulfide) groups is 1. The van der Waals surface area contributed by atoms with Crippen LogP contribution in [-0.2, 0) is 16.0 Å². The number of benzene rings is 3. The molecule has 0 fully saturated rings. The van der Waals surface area contributed by atoms with Crippen LogP contribution in [-0.4, -0.2) is 28.2 Å². The quantitative estimate of drug-likeness (QED) is 0.399. The van der Waals surface area contributed by atoms with E-state index in [1.807, 2.05) is 85.9 Å². The number of amides is 2. The Morgan fingerprint density at radius 1 is 0.844 bits per heavy atom. The van der Waals surface area contributed by atoms with Gasteiger partial charge in [-0.15, -0.1) is 0 Å². The van der Waals surface area contributed by atoms with Crippen molar-refractivity contribution in [1.82, 2.24) is 9.88 Å². The van der Waals surface area contributed by atoms with Crippen LogP contribution in [0.2, 0.25) is 0 Å². The summed E-state index contributed by atoms with van der Waals surface area (Å²) in [6.45, 7) is 2.35. The molecule has 32 heavy (non-hydrogen) atoms. The molecular weight excluding hydrogens is 416 g/mol. The fourth-order valence-corrected chi connectivity index (χ4v) is 5.04. The van der Waals surface area contributed by atoms with Gasteiger partial charge in [0.15, 0.2) is 0 Å². The molecular formula is C27H22N2O2S. The summed E-state index contributed by atoms with van der Waals surface area (Å²) >= 11 is 1.36. The molecule has 0 saturated carbocycles. The van der Waals surface area contributed by atoms with E-state index in [4.69, 9.17) is 0 Å². The summed E-state index contributed by atoms with van der Waals surface area (Å²) in [5.74, 6) is -0.448. The van der Waals surface area contributed by atoms with E-state index in [9.17, 15) is 9.59 Å². The fraction of sp³-hybridized carbons (Fsp3) is 0.111. The van der Waals surface area contributed by atoms with Gasteiger partial charge in [0.2, 0.25) is 0 Å². The van der Waals surface area contributed by atoms with Gasteiger partial charge in [-0.25, -0.2) is 0 Å². The van der Waals surface area contributed by atoms with Crippen molar-refractivity contribution in [2.45, 2.75) is 18.2 Å². The summed E-state index contributed by atoms with van der Waals surface area (Å²) in [6, 6.07) is 25.6. The zero-order valence-electron chi connectivity index (χ0n) is 17.7. The standard InChI is InChI=1S/C27H22N2O2S/c1-18-11-13-19(14-12-18)24-25(32-21-7-3-2-4-8-21)27(31)29(26(24)30)16-15-20-17-28-23-10-6-5-9-22(20)23/h2-14,17,28H,15-16H2,1H3. The van der Waals surface area contributed by atoms with Crippen LogP contribution in [0.15, 0.2) is 94.9 Å². The average Bonchev–Trinajstić information content (AvgIpc) is 3.33. The predicted molar refractivity (Wildman–Crippen MR) is 129 cm³/mol. The molecule has 4 nitrogen and oxygen atoms in total. The number of aryl methyl sites for hydroxylation is 1. The summed E-state index contributed by atoms with van der Waals surface area (Å²) < 4.78 is 0. The minimum absolute atomic E-state index is 0.223. The molecule has 0 saturated heterocycles. The van der Waals surface area contributed by atoms with E-state index in [-0.39, 0.29) is 11.8 Å². The van der Waals surface area contributed by atoms with Crippen molar-refractivity contribution < 1.29 is 9.59 Å². The van der Waals surface area contributed by atoms with Gasteiger partial charge in [0.05, 0.1) is 10.5 Å². The van der Waals surface area contributed by atoms with Gasteiger partial charge in [0.1, 0.15) is 0 Å². The maximum Gasteiger partial charge on any atom is 0.268 e. The number of aromatic amines is 1. The number of fused-ring (bicyclic) bond motifs is 1. The monoisotopic (exact) mass is 438 g/mol. The Kier molecular flexibility index (Phi) is 5.41. The second-order valence-corrected chi connectivity index (χ2v) is 8.94. The van der Waals surface area contributed by atoms with Crippen LogP contribution < -0.4 is 0 Å². The van der Waals surface area contributed by atoms with Crippen LogP contribution in [0.4, 0.5) is 0 Å². The van der Waals surface area contributed by atoms with E-state index >= 15 is 0 Å². The van der Waals surface area contributed by atoms with E-state index < -0.39 is 0 Å². The van der Waals surface area contributed by atoms with Gasteiger partial charge in [0, 0.05) is 28.5 Å². The van der Waals surface area contributed by atoms with Gasteiger partial charge < -0.3 is 4.98 Å². The highest BCUT2D eigenvalue weighted by molar-refractivity contribution is 8.04. The Morgan fingerprint density at radius 3 is 2.34 bits per heavy atom.